The number of aryl methyl sites for hydroxylation is 1. The summed E-state index contributed by atoms with van der Waals surface area (Å²) in [6.07, 6.45) is 6.77. The van der Waals surface area contributed by atoms with Gasteiger partial charge in [0.2, 0.25) is 0 Å². The number of aromatic nitrogens is 4. The van der Waals surface area contributed by atoms with Gasteiger partial charge < -0.3 is 4.74 Å². The highest BCUT2D eigenvalue weighted by molar-refractivity contribution is 5.76. The fourth-order valence-corrected chi connectivity index (χ4v) is 2.48. The van der Waals surface area contributed by atoms with E-state index in [0.717, 1.165) is 29.9 Å². The summed E-state index contributed by atoms with van der Waals surface area (Å²) in [5, 5.41) is 4.35. The molecule has 0 N–H and O–H groups in total. The Bertz CT molecular complexity index is 829. The first-order chi connectivity index (χ1) is 11.8. The van der Waals surface area contributed by atoms with Gasteiger partial charge in [-0.05, 0) is 30.7 Å². The highest BCUT2D eigenvalue weighted by Crippen LogP contribution is 2.23. The minimum atomic E-state index is 0.291. The van der Waals surface area contributed by atoms with Crippen molar-refractivity contribution in [2.24, 2.45) is 0 Å². The lowest BCUT2D eigenvalue weighted by Gasteiger charge is -2.12. The van der Waals surface area contributed by atoms with Gasteiger partial charge in [-0.25, -0.2) is 4.98 Å². The van der Waals surface area contributed by atoms with Crippen molar-refractivity contribution in [1.82, 2.24) is 19.7 Å². The van der Waals surface area contributed by atoms with Crippen LogP contribution in [0.3, 0.4) is 0 Å². The van der Waals surface area contributed by atoms with Gasteiger partial charge in [0, 0.05) is 30.7 Å². The third-order valence-electron chi connectivity index (χ3n) is 3.58. The fourth-order valence-electron chi connectivity index (χ4n) is 2.48. The van der Waals surface area contributed by atoms with E-state index >= 15 is 0 Å². The second-order valence-electron chi connectivity index (χ2n) is 5.24. The monoisotopic (exact) mass is 322 g/mol. The van der Waals surface area contributed by atoms with Crippen molar-refractivity contribution in [3.05, 3.63) is 60.2 Å². The topological polar surface area (TPSA) is 69.9 Å². The molecular formula is C18H18N4O2. The minimum absolute atomic E-state index is 0.291. The molecule has 0 aliphatic rings. The molecule has 0 aliphatic carbocycles. The summed E-state index contributed by atoms with van der Waals surface area (Å²) in [5.41, 5.74) is 3.01. The van der Waals surface area contributed by atoms with Gasteiger partial charge in [-0.15, -0.1) is 0 Å². The van der Waals surface area contributed by atoms with Gasteiger partial charge in [0.05, 0.1) is 11.4 Å². The van der Waals surface area contributed by atoms with E-state index in [9.17, 15) is 4.79 Å². The van der Waals surface area contributed by atoms with E-state index in [2.05, 4.69) is 22.0 Å². The minimum Gasteiger partial charge on any atom is -0.486 e. The lowest BCUT2D eigenvalue weighted by Crippen LogP contribution is -2.06. The molecule has 0 atom stereocenters. The first-order valence-corrected chi connectivity index (χ1v) is 7.82. The molecule has 3 aromatic heterocycles. The summed E-state index contributed by atoms with van der Waals surface area (Å²) in [7, 11) is 0. The van der Waals surface area contributed by atoms with Gasteiger partial charge >= 0.3 is 0 Å². The van der Waals surface area contributed by atoms with Gasteiger partial charge in [0.15, 0.2) is 6.29 Å². The number of rotatable bonds is 7. The maximum atomic E-state index is 11.0. The fraction of sp³-hybridized carbons (Fsp3) is 0.222. The molecule has 0 aromatic carbocycles. The Balaban J connectivity index is 1.87. The summed E-state index contributed by atoms with van der Waals surface area (Å²) < 4.78 is 7.73. The Morgan fingerprint density at radius 1 is 1.12 bits per heavy atom. The maximum absolute atomic E-state index is 11.0. The molecule has 3 aromatic rings. The van der Waals surface area contributed by atoms with Crippen LogP contribution in [-0.4, -0.2) is 26.0 Å². The molecule has 0 saturated carbocycles. The molecule has 0 bridgehead atoms. The Labute approximate surface area is 140 Å². The Morgan fingerprint density at radius 3 is 2.79 bits per heavy atom. The van der Waals surface area contributed by atoms with Crippen LogP contribution in [0, 0.1) is 0 Å². The quantitative estimate of drug-likeness (QED) is 0.625. The first-order valence-electron chi connectivity index (χ1n) is 7.82. The van der Waals surface area contributed by atoms with Crippen LogP contribution in [0.25, 0.3) is 11.4 Å². The molecule has 6 nitrogen and oxygen atoms in total. The summed E-state index contributed by atoms with van der Waals surface area (Å²) in [6.45, 7) is 3.24. The predicted octanol–water partition coefficient (Wildman–Crippen LogP) is 3.14. The predicted molar refractivity (Wildman–Crippen MR) is 89.7 cm³/mol. The van der Waals surface area contributed by atoms with Crippen LogP contribution < -0.4 is 4.74 Å². The molecule has 0 amide bonds. The van der Waals surface area contributed by atoms with E-state index in [4.69, 9.17) is 4.74 Å². The van der Waals surface area contributed by atoms with Gasteiger partial charge in [-0.1, -0.05) is 13.0 Å². The number of carbonyl (C=O) groups excluding carboxylic acids is 1. The van der Waals surface area contributed by atoms with E-state index in [-0.39, 0.29) is 0 Å². The first kappa shape index (κ1) is 15.9. The molecule has 0 radical (unpaired) electrons. The zero-order chi connectivity index (χ0) is 16.8. The Hall–Kier alpha value is -3.02. The SMILES string of the molecule is CCCn1nccc1-c1ncccc1COc1cccnc1C=O. The van der Waals surface area contributed by atoms with Crippen molar-refractivity contribution in [1.29, 1.82) is 0 Å². The molecule has 0 aliphatic heterocycles. The van der Waals surface area contributed by atoms with E-state index < -0.39 is 0 Å². The zero-order valence-electron chi connectivity index (χ0n) is 13.4. The molecule has 3 rings (SSSR count). The summed E-state index contributed by atoms with van der Waals surface area (Å²) >= 11 is 0. The number of pyridine rings is 2. The smallest absolute Gasteiger partial charge is 0.172 e. The van der Waals surface area contributed by atoms with Crippen LogP contribution in [0.4, 0.5) is 0 Å². The Morgan fingerprint density at radius 2 is 1.96 bits per heavy atom. The van der Waals surface area contributed by atoms with Crippen molar-refractivity contribution in [2.75, 3.05) is 0 Å². The number of hydrogen-bond donors (Lipinski definition) is 0. The van der Waals surface area contributed by atoms with Crippen molar-refractivity contribution in [2.45, 2.75) is 26.5 Å². The number of hydrogen-bond acceptors (Lipinski definition) is 5. The Kier molecular flexibility index (Phi) is 4.96. The van der Waals surface area contributed by atoms with Gasteiger partial charge in [0.25, 0.3) is 0 Å². The van der Waals surface area contributed by atoms with Crippen LogP contribution in [-0.2, 0) is 13.2 Å². The van der Waals surface area contributed by atoms with Crippen LogP contribution in [0.1, 0.15) is 29.4 Å². The molecule has 0 unspecified atom stereocenters. The van der Waals surface area contributed by atoms with Crippen LogP contribution in [0.2, 0.25) is 0 Å². The van der Waals surface area contributed by atoms with E-state index in [1.54, 1.807) is 30.7 Å². The van der Waals surface area contributed by atoms with E-state index in [0.29, 0.717) is 24.3 Å². The van der Waals surface area contributed by atoms with Crippen molar-refractivity contribution in [3.63, 3.8) is 0 Å². The number of carbonyl (C=O) groups is 1. The molecule has 122 valence electrons. The van der Waals surface area contributed by atoms with Crippen LogP contribution in [0.15, 0.2) is 48.9 Å². The average Bonchev–Trinajstić information content (AvgIpc) is 3.09. The van der Waals surface area contributed by atoms with Gasteiger partial charge in [-0.3, -0.25) is 14.5 Å². The summed E-state index contributed by atoms with van der Waals surface area (Å²) in [4.78, 5) is 19.5. The number of aldehydes is 1. The van der Waals surface area contributed by atoms with Crippen molar-refractivity contribution >= 4 is 6.29 Å². The van der Waals surface area contributed by atoms with E-state index in [1.807, 2.05) is 22.9 Å². The second kappa shape index (κ2) is 7.50. The molecular weight excluding hydrogens is 304 g/mol. The van der Waals surface area contributed by atoms with Crippen LogP contribution >= 0.6 is 0 Å². The lowest BCUT2D eigenvalue weighted by molar-refractivity contribution is 0.111. The third kappa shape index (κ3) is 3.32. The largest absolute Gasteiger partial charge is 0.486 e. The number of ether oxygens (including phenoxy) is 1. The average molecular weight is 322 g/mol. The molecule has 3 heterocycles. The maximum Gasteiger partial charge on any atom is 0.172 e. The van der Waals surface area contributed by atoms with Gasteiger partial charge in [0.1, 0.15) is 18.1 Å². The molecule has 0 spiro atoms. The highest BCUT2D eigenvalue weighted by atomic mass is 16.5. The third-order valence-corrected chi connectivity index (χ3v) is 3.58. The highest BCUT2D eigenvalue weighted by Gasteiger charge is 2.12. The van der Waals surface area contributed by atoms with Gasteiger partial charge in [-0.2, -0.15) is 5.10 Å². The summed E-state index contributed by atoms with van der Waals surface area (Å²) in [6, 6.07) is 9.24. The van der Waals surface area contributed by atoms with Crippen molar-refractivity contribution < 1.29 is 9.53 Å². The lowest BCUT2D eigenvalue weighted by atomic mass is 10.1. The standard InChI is InChI=1S/C18H18N4O2/c1-2-11-22-16(7-10-21-22)18-14(5-3-9-20-18)13-24-17-6-4-8-19-15(17)12-23/h3-10,12H,2,11,13H2,1H3. The molecule has 6 heteroatoms. The normalized spacial score (nSPS) is 10.5. The van der Waals surface area contributed by atoms with Crippen molar-refractivity contribution in [3.8, 4) is 17.1 Å². The molecule has 0 saturated heterocycles. The number of nitrogens with zero attached hydrogens (tertiary/aromatic N) is 4. The zero-order valence-corrected chi connectivity index (χ0v) is 13.4. The van der Waals surface area contributed by atoms with E-state index in [1.165, 1.54) is 0 Å². The second-order valence-corrected chi connectivity index (χ2v) is 5.24. The molecule has 24 heavy (non-hydrogen) atoms. The molecule has 0 fully saturated rings. The van der Waals surface area contributed by atoms with Crippen LogP contribution in [0.5, 0.6) is 5.75 Å². The summed E-state index contributed by atoms with van der Waals surface area (Å²) in [5.74, 6) is 0.462.